The Morgan fingerprint density at radius 3 is 2.86 bits per heavy atom. The van der Waals surface area contributed by atoms with Gasteiger partial charge in [0, 0.05) is 25.3 Å². The normalized spacial score (nSPS) is 18.1. The van der Waals surface area contributed by atoms with Crippen LogP contribution in [-0.4, -0.2) is 47.6 Å². The lowest BCUT2D eigenvalue weighted by molar-refractivity contribution is 0.0939. The highest BCUT2D eigenvalue weighted by Gasteiger charge is 2.28. The molecular formula is C22H29N3O3. The standard InChI is InChI=1S/C22H29N3O3/c1-14-15(2)20(28-4)8-7-18(14)16(3)25-11-9-17(13-25)12-24-22(27)21-19(26)6-5-10-23-21/h5-8,10,16-17,26H,9,11-13H2,1-4H3,(H,24,27). The lowest BCUT2D eigenvalue weighted by Gasteiger charge is -2.27. The van der Waals surface area contributed by atoms with Crippen LogP contribution in [0.1, 0.15) is 46.6 Å². The first-order chi connectivity index (χ1) is 13.4. The van der Waals surface area contributed by atoms with E-state index in [-0.39, 0.29) is 17.4 Å². The number of amides is 1. The zero-order chi connectivity index (χ0) is 20.3. The molecule has 2 unspecified atom stereocenters. The molecule has 28 heavy (non-hydrogen) atoms. The summed E-state index contributed by atoms with van der Waals surface area (Å²) in [5.74, 6) is 0.892. The van der Waals surface area contributed by atoms with Crippen molar-refractivity contribution in [3.63, 3.8) is 0 Å². The van der Waals surface area contributed by atoms with E-state index in [0.29, 0.717) is 18.5 Å². The number of rotatable bonds is 6. The van der Waals surface area contributed by atoms with Gasteiger partial charge in [-0.25, -0.2) is 4.98 Å². The second-order valence-corrected chi connectivity index (χ2v) is 7.51. The molecule has 0 radical (unpaired) electrons. The van der Waals surface area contributed by atoms with E-state index >= 15 is 0 Å². The number of carbonyl (C=O) groups excluding carboxylic acids is 1. The molecule has 1 aliphatic rings. The number of hydrogen-bond donors (Lipinski definition) is 2. The van der Waals surface area contributed by atoms with Crippen LogP contribution in [0.2, 0.25) is 0 Å². The summed E-state index contributed by atoms with van der Waals surface area (Å²) in [5.41, 5.74) is 3.86. The Morgan fingerprint density at radius 1 is 1.36 bits per heavy atom. The molecule has 0 aliphatic carbocycles. The fourth-order valence-electron chi connectivity index (χ4n) is 3.96. The van der Waals surface area contributed by atoms with Gasteiger partial charge < -0.3 is 15.2 Å². The van der Waals surface area contributed by atoms with Gasteiger partial charge in [0.2, 0.25) is 0 Å². The summed E-state index contributed by atoms with van der Waals surface area (Å²) in [6.45, 7) is 9.00. The third-order valence-electron chi connectivity index (χ3n) is 5.87. The van der Waals surface area contributed by atoms with Gasteiger partial charge in [0.15, 0.2) is 5.69 Å². The number of methoxy groups -OCH3 is 1. The molecule has 6 nitrogen and oxygen atoms in total. The quantitative estimate of drug-likeness (QED) is 0.801. The molecular weight excluding hydrogens is 354 g/mol. The highest BCUT2D eigenvalue weighted by atomic mass is 16.5. The van der Waals surface area contributed by atoms with Gasteiger partial charge in [-0.15, -0.1) is 0 Å². The zero-order valence-corrected chi connectivity index (χ0v) is 17.0. The van der Waals surface area contributed by atoms with Gasteiger partial charge in [-0.05, 0) is 74.5 Å². The van der Waals surface area contributed by atoms with Crippen molar-refractivity contribution >= 4 is 5.91 Å². The van der Waals surface area contributed by atoms with Crippen LogP contribution in [0.5, 0.6) is 11.5 Å². The molecule has 1 saturated heterocycles. The Labute approximate surface area is 166 Å². The monoisotopic (exact) mass is 383 g/mol. The van der Waals surface area contributed by atoms with E-state index in [1.165, 1.54) is 29.0 Å². The van der Waals surface area contributed by atoms with Gasteiger partial charge in [-0.2, -0.15) is 0 Å². The second kappa shape index (κ2) is 8.61. The van der Waals surface area contributed by atoms with Crippen molar-refractivity contribution in [1.82, 2.24) is 15.2 Å². The molecule has 1 aromatic carbocycles. The fourth-order valence-corrected chi connectivity index (χ4v) is 3.96. The Bertz CT molecular complexity index is 853. The number of aromatic hydroxyl groups is 1. The number of aromatic nitrogens is 1. The topological polar surface area (TPSA) is 74.7 Å². The van der Waals surface area contributed by atoms with Crippen LogP contribution >= 0.6 is 0 Å². The van der Waals surface area contributed by atoms with Gasteiger partial charge in [0.25, 0.3) is 5.91 Å². The number of nitrogens with zero attached hydrogens (tertiary/aromatic N) is 2. The van der Waals surface area contributed by atoms with Crippen LogP contribution in [0.25, 0.3) is 0 Å². The van der Waals surface area contributed by atoms with Crippen LogP contribution in [0.15, 0.2) is 30.5 Å². The average Bonchev–Trinajstić information content (AvgIpc) is 3.17. The number of carbonyl (C=O) groups is 1. The molecule has 2 heterocycles. The van der Waals surface area contributed by atoms with Gasteiger partial charge in [0.1, 0.15) is 11.5 Å². The largest absolute Gasteiger partial charge is 0.505 e. The lowest BCUT2D eigenvalue weighted by atomic mass is 9.96. The molecule has 1 fully saturated rings. The Balaban J connectivity index is 1.59. The highest BCUT2D eigenvalue weighted by molar-refractivity contribution is 5.94. The minimum absolute atomic E-state index is 0.0788. The van der Waals surface area contributed by atoms with Crippen molar-refractivity contribution in [2.75, 3.05) is 26.7 Å². The van der Waals surface area contributed by atoms with Crippen LogP contribution in [0, 0.1) is 19.8 Å². The van der Waals surface area contributed by atoms with Crippen molar-refractivity contribution in [1.29, 1.82) is 0 Å². The summed E-state index contributed by atoms with van der Waals surface area (Å²) in [4.78, 5) is 18.7. The number of benzene rings is 1. The van der Waals surface area contributed by atoms with E-state index in [4.69, 9.17) is 4.74 Å². The van der Waals surface area contributed by atoms with E-state index < -0.39 is 0 Å². The molecule has 2 aromatic rings. The molecule has 2 atom stereocenters. The van der Waals surface area contributed by atoms with Crippen molar-refractivity contribution in [2.24, 2.45) is 5.92 Å². The molecule has 0 spiro atoms. The van der Waals surface area contributed by atoms with Crippen LogP contribution in [-0.2, 0) is 0 Å². The molecule has 2 N–H and O–H groups in total. The predicted molar refractivity (Wildman–Crippen MR) is 109 cm³/mol. The molecule has 3 rings (SSSR count). The van der Waals surface area contributed by atoms with Crippen molar-refractivity contribution < 1.29 is 14.6 Å². The number of likely N-dealkylation sites (tertiary alicyclic amines) is 1. The van der Waals surface area contributed by atoms with Crippen LogP contribution in [0.4, 0.5) is 0 Å². The van der Waals surface area contributed by atoms with Crippen molar-refractivity contribution in [3.05, 3.63) is 52.8 Å². The molecule has 6 heteroatoms. The van der Waals surface area contributed by atoms with E-state index in [9.17, 15) is 9.90 Å². The molecule has 1 aliphatic heterocycles. The Kier molecular flexibility index (Phi) is 6.19. The summed E-state index contributed by atoms with van der Waals surface area (Å²) < 4.78 is 5.43. The molecule has 150 valence electrons. The van der Waals surface area contributed by atoms with Gasteiger partial charge in [-0.1, -0.05) is 6.07 Å². The van der Waals surface area contributed by atoms with Gasteiger partial charge >= 0.3 is 0 Å². The van der Waals surface area contributed by atoms with E-state index in [0.717, 1.165) is 25.3 Å². The van der Waals surface area contributed by atoms with Gasteiger partial charge in [-0.3, -0.25) is 9.69 Å². The molecule has 1 aromatic heterocycles. The van der Waals surface area contributed by atoms with E-state index in [1.54, 1.807) is 13.2 Å². The second-order valence-electron chi connectivity index (χ2n) is 7.51. The highest BCUT2D eigenvalue weighted by Crippen LogP contribution is 2.33. The Morgan fingerprint density at radius 2 is 2.14 bits per heavy atom. The third-order valence-corrected chi connectivity index (χ3v) is 5.87. The maximum absolute atomic E-state index is 12.2. The Hall–Kier alpha value is -2.60. The maximum atomic E-state index is 12.2. The van der Waals surface area contributed by atoms with Crippen LogP contribution < -0.4 is 10.1 Å². The first-order valence-corrected chi connectivity index (χ1v) is 9.72. The van der Waals surface area contributed by atoms with Crippen LogP contribution in [0.3, 0.4) is 0 Å². The van der Waals surface area contributed by atoms with E-state index in [2.05, 4.69) is 42.0 Å². The summed E-state index contributed by atoms with van der Waals surface area (Å²) in [7, 11) is 1.70. The first kappa shape index (κ1) is 20.1. The summed E-state index contributed by atoms with van der Waals surface area (Å²) >= 11 is 0. The van der Waals surface area contributed by atoms with E-state index in [1.807, 2.05) is 6.07 Å². The van der Waals surface area contributed by atoms with Gasteiger partial charge in [0.05, 0.1) is 7.11 Å². The average molecular weight is 383 g/mol. The fraction of sp³-hybridized carbons (Fsp3) is 0.455. The smallest absolute Gasteiger partial charge is 0.273 e. The number of pyridine rings is 1. The number of ether oxygens (including phenoxy) is 1. The number of hydrogen-bond acceptors (Lipinski definition) is 5. The summed E-state index contributed by atoms with van der Waals surface area (Å²) in [6.07, 6.45) is 2.54. The minimum Gasteiger partial charge on any atom is -0.505 e. The predicted octanol–water partition coefficient (Wildman–Crippen LogP) is 3.23. The first-order valence-electron chi connectivity index (χ1n) is 9.72. The molecule has 0 saturated carbocycles. The number of nitrogens with one attached hydrogen (secondary N) is 1. The summed E-state index contributed by atoms with van der Waals surface area (Å²) in [5, 5.41) is 12.7. The third kappa shape index (κ3) is 4.12. The van der Waals surface area contributed by atoms with Crippen molar-refractivity contribution in [3.8, 4) is 11.5 Å². The minimum atomic E-state index is -0.328. The SMILES string of the molecule is COc1ccc(C(C)N2CCC(CNC(=O)c3ncccc3O)C2)c(C)c1C. The maximum Gasteiger partial charge on any atom is 0.273 e. The lowest BCUT2D eigenvalue weighted by Crippen LogP contribution is -2.32. The summed E-state index contributed by atoms with van der Waals surface area (Å²) in [6, 6.07) is 7.59. The van der Waals surface area contributed by atoms with Crippen molar-refractivity contribution in [2.45, 2.75) is 33.2 Å². The zero-order valence-electron chi connectivity index (χ0n) is 17.0. The molecule has 1 amide bonds. The molecule has 0 bridgehead atoms.